The van der Waals surface area contributed by atoms with Crippen LogP contribution in [-0.4, -0.2) is 69.3 Å². The number of carbonyl (C=O) groups is 2. The Morgan fingerprint density at radius 2 is 1.70 bits per heavy atom. The van der Waals surface area contributed by atoms with Gasteiger partial charge in [-0.3, -0.25) is 9.59 Å². The summed E-state index contributed by atoms with van der Waals surface area (Å²) in [5, 5.41) is 2.63. The molecule has 0 saturated carbocycles. The topological polar surface area (TPSA) is 96.0 Å². The third-order valence-corrected chi connectivity index (χ3v) is 6.88. The van der Waals surface area contributed by atoms with E-state index in [2.05, 4.69) is 5.32 Å². The van der Waals surface area contributed by atoms with E-state index >= 15 is 0 Å². The fourth-order valence-electron chi connectivity index (χ4n) is 3.23. The molecule has 0 atom stereocenters. The van der Waals surface area contributed by atoms with Crippen molar-refractivity contribution in [2.24, 2.45) is 0 Å². The number of rotatable bonds is 6. The minimum Gasteiger partial charge on any atom is -0.497 e. The normalized spacial score (nSPS) is 14.9. The van der Waals surface area contributed by atoms with Crippen LogP contribution < -0.4 is 10.1 Å². The van der Waals surface area contributed by atoms with Gasteiger partial charge in [0.25, 0.3) is 5.91 Å². The average Bonchev–Trinajstić information content (AvgIpc) is 2.77. The van der Waals surface area contributed by atoms with Crippen molar-refractivity contribution in [1.82, 2.24) is 14.5 Å². The maximum absolute atomic E-state index is 12.8. The van der Waals surface area contributed by atoms with E-state index in [4.69, 9.17) is 4.74 Å². The molecule has 2 aromatic rings. The molecule has 1 aliphatic rings. The molecule has 0 aromatic heterocycles. The van der Waals surface area contributed by atoms with E-state index in [1.165, 1.54) is 23.5 Å². The third kappa shape index (κ3) is 4.98. The number of methoxy groups -OCH3 is 1. The Morgan fingerprint density at radius 1 is 1.03 bits per heavy atom. The Labute approximate surface area is 176 Å². The molecule has 3 rings (SSSR count). The summed E-state index contributed by atoms with van der Waals surface area (Å²) in [5.74, 6) is 0.0299. The lowest BCUT2D eigenvalue weighted by Gasteiger charge is -2.34. The fraction of sp³-hybridized carbons (Fsp3) is 0.333. The largest absolute Gasteiger partial charge is 0.497 e. The highest BCUT2D eigenvalue weighted by atomic mass is 32.2. The van der Waals surface area contributed by atoms with Gasteiger partial charge in [-0.1, -0.05) is 17.7 Å². The van der Waals surface area contributed by atoms with E-state index in [1.807, 2.05) is 13.0 Å². The highest BCUT2D eigenvalue weighted by Gasteiger charge is 2.30. The molecule has 1 N–H and O–H groups in total. The summed E-state index contributed by atoms with van der Waals surface area (Å²) in [6, 6.07) is 13.3. The van der Waals surface area contributed by atoms with Crippen LogP contribution in [0.25, 0.3) is 0 Å². The Bertz CT molecular complexity index is 1010. The van der Waals surface area contributed by atoms with Gasteiger partial charge in [0.1, 0.15) is 5.75 Å². The van der Waals surface area contributed by atoms with Gasteiger partial charge in [0.05, 0.1) is 18.6 Å². The van der Waals surface area contributed by atoms with E-state index in [9.17, 15) is 18.0 Å². The molecule has 8 nitrogen and oxygen atoms in total. The van der Waals surface area contributed by atoms with Crippen molar-refractivity contribution in [3.05, 3.63) is 59.7 Å². The molecule has 0 spiro atoms. The number of nitrogens with one attached hydrogen (secondary N) is 1. The van der Waals surface area contributed by atoms with Gasteiger partial charge in [-0.25, -0.2) is 8.42 Å². The lowest BCUT2D eigenvalue weighted by Crippen LogP contribution is -2.52. The van der Waals surface area contributed by atoms with Crippen molar-refractivity contribution in [3.63, 3.8) is 0 Å². The van der Waals surface area contributed by atoms with Crippen LogP contribution in [-0.2, 0) is 14.8 Å². The van der Waals surface area contributed by atoms with Gasteiger partial charge in [-0.05, 0) is 43.3 Å². The quantitative estimate of drug-likeness (QED) is 0.743. The molecular weight excluding hydrogens is 406 g/mol. The number of amides is 2. The van der Waals surface area contributed by atoms with Gasteiger partial charge in [0.15, 0.2) is 0 Å². The number of carbonyl (C=O) groups excluding carboxylic acids is 2. The van der Waals surface area contributed by atoms with Crippen molar-refractivity contribution in [1.29, 1.82) is 0 Å². The molecule has 160 valence electrons. The predicted octanol–water partition coefficient (Wildman–Crippen LogP) is 1.27. The summed E-state index contributed by atoms with van der Waals surface area (Å²) < 4.78 is 32.0. The zero-order valence-electron chi connectivity index (χ0n) is 17.0. The molecule has 1 aliphatic heterocycles. The Balaban J connectivity index is 1.53. The van der Waals surface area contributed by atoms with Crippen LogP contribution in [0.1, 0.15) is 15.9 Å². The van der Waals surface area contributed by atoms with Crippen molar-refractivity contribution >= 4 is 21.8 Å². The van der Waals surface area contributed by atoms with Crippen LogP contribution in [0.4, 0.5) is 0 Å². The summed E-state index contributed by atoms with van der Waals surface area (Å²) >= 11 is 0. The molecule has 2 aromatic carbocycles. The summed E-state index contributed by atoms with van der Waals surface area (Å²) in [6.07, 6.45) is 0. The Morgan fingerprint density at radius 3 is 2.30 bits per heavy atom. The average molecular weight is 432 g/mol. The van der Waals surface area contributed by atoms with Crippen LogP contribution in [0.15, 0.2) is 53.4 Å². The maximum atomic E-state index is 12.8. The molecule has 9 heteroatoms. The number of benzene rings is 2. The molecule has 0 unspecified atom stereocenters. The molecule has 1 fully saturated rings. The molecule has 0 bridgehead atoms. The van der Waals surface area contributed by atoms with Crippen LogP contribution >= 0.6 is 0 Å². The second-order valence-corrected chi connectivity index (χ2v) is 8.95. The lowest BCUT2D eigenvalue weighted by molar-refractivity contribution is -0.131. The summed E-state index contributed by atoms with van der Waals surface area (Å²) in [5.41, 5.74) is 1.46. The molecule has 1 heterocycles. The number of hydrogen-bond acceptors (Lipinski definition) is 5. The predicted molar refractivity (Wildman–Crippen MR) is 112 cm³/mol. The SMILES string of the molecule is COc1ccc(S(=O)(=O)N2CCN(C(=O)CNC(=O)c3cccc(C)c3)CC2)cc1. The molecule has 1 saturated heterocycles. The molecule has 2 amide bonds. The number of hydrogen-bond donors (Lipinski definition) is 1. The number of aryl methyl sites for hydroxylation is 1. The number of sulfonamides is 1. The van der Waals surface area contributed by atoms with Gasteiger partial charge in [0.2, 0.25) is 15.9 Å². The van der Waals surface area contributed by atoms with Gasteiger partial charge >= 0.3 is 0 Å². The van der Waals surface area contributed by atoms with Crippen LogP contribution in [0.3, 0.4) is 0 Å². The van der Waals surface area contributed by atoms with Gasteiger partial charge in [-0.2, -0.15) is 4.31 Å². The van der Waals surface area contributed by atoms with E-state index in [-0.39, 0.29) is 49.4 Å². The standard InChI is InChI=1S/C21H25N3O5S/c1-16-4-3-5-17(14-16)21(26)22-15-20(25)23-10-12-24(13-11-23)30(27,28)19-8-6-18(29-2)7-9-19/h3-9,14H,10-13,15H2,1-2H3,(H,22,26). The first-order chi connectivity index (χ1) is 14.3. The van der Waals surface area contributed by atoms with E-state index in [1.54, 1.807) is 35.2 Å². The minimum atomic E-state index is -3.63. The lowest BCUT2D eigenvalue weighted by atomic mass is 10.1. The molecule has 30 heavy (non-hydrogen) atoms. The molecule has 0 radical (unpaired) electrons. The van der Waals surface area contributed by atoms with Crippen LogP contribution in [0.5, 0.6) is 5.75 Å². The van der Waals surface area contributed by atoms with Crippen LogP contribution in [0, 0.1) is 6.92 Å². The van der Waals surface area contributed by atoms with Crippen LogP contribution in [0.2, 0.25) is 0 Å². The Hall–Kier alpha value is -2.91. The van der Waals surface area contributed by atoms with E-state index in [0.717, 1.165) is 5.56 Å². The fourth-order valence-corrected chi connectivity index (χ4v) is 4.65. The van der Waals surface area contributed by atoms with Gasteiger partial charge in [0, 0.05) is 31.7 Å². The Kier molecular flexibility index (Phi) is 6.73. The molecule has 0 aliphatic carbocycles. The highest BCUT2D eigenvalue weighted by Crippen LogP contribution is 2.20. The van der Waals surface area contributed by atoms with Crippen molar-refractivity contribution in [2.45, 2.75) is 11.8 Å². The first kappa shape index (κ1) is 21.8. The maximum Gasteiger partial charge on any atom is 0.251 e. The smallest absolute Gasteiger partial charge is 0.251 e. The summed E-state index contributed by atoms with van der Waals surface area (Å²) in [7, 11) is -2.11. The van der Waals surface area contributed by atoms with Crippen molar-refractivity contribution in [2.75, 3.05) is 39.8 Å². The van der Waals surface area contributed by atoms with E-state index in [0.29, 0.717) is 11.3 Å². The second kappa shape index (κ2) is 9.27. The zero-order chi connectivity index (χ0) is 21.7. The summed E-state index contributed by atoms with van der Waals surface area (Å²) in [6.45, 7) is 2.71. The number of piperazine rings is 1. The first-order valence-electron chi connectivity index (χ1n) is 9.58. The third-order valence-electron chi connectivity index (χ3n) is 4.97. The number of ether oxygens (including phenoxy) is 1. The van der Waals surface area contributed by atoms with Crippen molar-refractivity contribution < 1.29 is 22.7 Å². The highest BCUT2D eigenvalue weighted by molar-refractivity contribution is 7.89. The summed E-state index contributed by atoms with van der Waals surface area (Å²) in [4.78, 5) is 26.4. The zero-order valence-corrected chi connectivity index (χ0v) is 17.8. The first-order valence-corrected chi connectivity index (χ1v) is 11.0. The number of nitrogens with zero attached hydrogens (tertiary/aromatic N) is 2. The monoisotopic (exact) mass is 431 g/mol. The second-order valence-electron chi connectivity index (χ2n) is 7.01. The van der Waals surface area contributed by atoms with Gasteiger partial charge in [-0.15, -0.1) is 0 Å². The van der Waals surface area contributed by atoms with E-state index < -0.39 is 10.0 Å². The van der Waals surface area contributed by atoms with Crippen molar-refractivity contribution in [3.8, 4) is 5.75 Å². The molecular formula is C21H25N3O5S. The van der Waals surface area contributed by atoms with Gasteiger partial charge < -0.3 is 15.0 Å². The minimum absolute atomic E-state index is 0.127.